The van der Waals surface area contributed by atoms with Gasteiger partial charge in [-0.2, -0.15) is 13.2 Å². The van der Waals surface area contributed by atoms with Crippen molar-refractivity contribution in [3.8, 4) is 11.5 Å². The lowest BCUT2D eigenvalue weighted by Crippen LogP contribution is -2.31. The zero-order chi connectivity index (χ0) is 39.2. The first kappa shape index (κ1) is 41.3. The highest BCUT2D eigenvalue weighted by molar-refractivity contribution is 8.00. The first-order chi connectivity index (χ1) is 24.8. The number of hydrogen-bond donors (Lipinski definition) is 1. The minimum Gasteiger partial charge on any atom is -0.468 e. The molecule has 1 N–H and O–H groups in total. The molecule has 14 nitrogen and oxygen atoms in total. The molecule has 1 aliphatic rings. The molecule has 0 unspecified atom stereocenters. The summed E-state index contributed by atoms with van der Waals surface area (Å²) in [6.45, 7) is 1.32. The number of methoxy groups -OCH3 is 1. The van der Waals surface area contributed by atoms with E-state index in [4.69, 9.17) is 27.9 Å². The number of carbonyl (C=O) groups excluding carboxylic acids is 2. The first-order valence-corrected chi connectivity index (χ1v) is 19.1. The van der Waals surface area contributed by atoms with Crippen LogP contribution in [0, 0.1) is 15.9 Å². The van der Waals surface area contributed by atoms with Crippen molar-refractivity contribution in [2.45, 2.75) is 37.0 Å². The Labute approximate surface area is 315 Å². The SMILES string of the molecule is COC(=O)CSc1cc(N=c2sc(=O)n3n2CCCC3)c(F)cc1Cl.CS(=O)(=O)NC(=O)c1cc(Oc2ccc(C(F)(F)F)cc2Cl)ccc1[N+](=O)[O-]. The second-order valence-corrected chi connectivity index (χ2v) is 15.2. The van der Waals surface area contributed by atoms with E-state index in [0.29, 0.717) is 41.2 Å². The molecule has 53 heavy (non-hydrogen) atoms. The maximum atomic E-state index is 14.3. The average molecular weight is 843 g/mol. The van der Waals surface area contributed by atoms with Crippen molar-refractivity contribution in [2.75, 3.05) is 19.1 Å². The number of nitro benzene ring substituents is 1. The van der Waals surface area contributed by atoms with Crippen molar-refractivity contribution in [3.63, 3.8) is 0 Å². The van der Waals surface area contributed by atoms with Crippen LogP contribution >= 0.6 is 46.3 Å². The number of ether oxygens (including phenoxy) is 2. The molecular weight excluding hydrogens is 817 g/mol. The van der Waals surface area contributed by atoms with Crippen molar-refractivity contribution in [1.29, 1.82) is 0 Å². The van der Waals surface area contributed by atoms with Gasteiger partial charge in [0.15, 0.2) is 0 Å². The lowest BCUT2D eigenvalue weighted by atomic mass is 10.1. The number of carbonyl (C=O) groups is 2. The predicted molar refractivity (Wildman–Crippen MR) is 187 cm³/mol. The summed E-state index contributed by atoms with van der Waals surface area (Å²) in [7, 11) is -2.70. The molecule has 0 radical (unpaired) electrons. The Bertz CT molecular complexity index is 2310. The smallest absolute Gasteiger partial charge is 0.416 e. The Kier molecular flexibility index (Phi) is 13.4. The van der Waals surface area contributed by atoms with E-state index in [9.17, 15) is 50.5 Å². The fourth-order valence-electron chi connectivity index (χ4n) is 4.46. The summed E-state index contributed by atoms with van der Waals surface area (Å²) in [4.78, 5) is 50.7. The molecule has 4 aromatic rings. The van der Waals surface area contributed by atoms with E-state index < -0.39 is 60.7 Å². The lowest BCUT2D eigenvalue weighted by molar-refractivity contribution is -0.385. The molecule has 0 spiro atoms. The van der Waals surface area contributed by atoms with Gasteiger partial charge in [0.1, 0.15) is 28.6 Å². The van der Waals surface area contributed by atoms with Crippen LogP contribution in [0.4, 0.5) is 28.9 Å². The molecular formula is C30H25Cl2F4N5O9S3. The maximum absolute atomic E-state index is 14.3. The Morgan fingerprint density at radius 2 is 1.75 bits per heavy atom. The molecule has 5 rings (SSSR count). The van der Waals surface area contributed by atoms with Crippen molar-refractivity contribution in [3.05, 3.63) is 100 Å². The first-order valence-electron chi connectivity index (χ1n) is 14.7. The van der Waals surface area contributed by atoms with Crippen LogP contribution in [-0.4, -0.2) is 53.7 Å². The molecule has 0 atom stereocenters. The minimum atomic E-state index is -4.62. The summed E-state index contributed by atoms with van der Waals surface area (Å²) in [5, 5.41) is 10.9. The normalized spacial score (nSPS) is 13.0. The summed E-state index contributed by atoms with van der Waals surface area (Å²) in [6, 6.07) is 7.73. The Morgan fingerprint density at radius 3 is 2.36 bits per heavy atom. The highest BCUT2D eigenvalue weighted by Crippen LogP contribution is 2.37. The molecule has 284 valence electrons. The van der Waals surface area contributed by atoms with Gasteiger partial charge in [-0.05, 0) is 60.6 Å². The number of thioether (sulfide) groups is 1. The van der Waals surface area contributed by atoms with Gasteiger partial charge in [-0.15, -0.1) is 11.8 Å². The summed E-state index contributed by atoms with van der Waals surface area (Å²) >= 11 is 13.9. The van der Waals surface area contributed by atoms with Crippen LogP contribution in [0.3, 0.4) is 0 Å². The second kappa shape index (κ2) is 17.1. The van der Waals surface area contributed by atoms with Crippen LogP contribution in [0.5, 0.6) is 11.5 Å². The van der Waals surface area contributed by atoms with Gasteiger partial charge in [0.25, 0.3) is 11.6 Å². The summed E-state index contributed by atoms with van der Waals surface area (Å²) in [5.41, 5.74) is -2.26. The van der Waals surface area contributed by atoms with Crippen molar-refractivity contribution in [1.82, 2.24) is 14.1 Å². The molecule has 3 aromatic carbocycles. The molecule has 0 aliphatic carbocycles. The van der Waals surface area contributed by atoms with Crippen molar-refractivity contribution >= 4 is 79.6 Å². The van der Waals surface area contributed by atoms with Gasteiger partial charge >= 0.3 is 17.0 Å². The number of hydrogen-bond acceptors (Lipinski definition) is 12. The van der Waals surface area contributed by atoms with Crippen LogP contribution in [0.1, 0.15) is 28.8 Å². The van der Waals surface area contributed by atoms with Crippen molar-refractivity contribution < 1.29 is 50.0 Å². The van der Waals surface area contributed by atoms with E-state index in [-0.39, 0.29) is 32.8 Å². The number of alkyl halides is 3. The average Bonchev–Trinajstić information content (AvgIpc) is 3.39. The van der Waals surface area contributed by atoms with E-state index in [1.165, 1.54) is 13.2 Å². The third kappa shape index (κ3) is 11.0. The van der Waals surface area contributed by atoms with Gasteiger partial charge in [0, 0.05) is 30.1 Å². The molecule has 0 fully saturated rings. The van der Waals surface area contributed by atoms with Crippen LogP contribution in [-0.2, 0) is 38.8 Å². The molecule has 0 saturated carbocycles. The van der Waals surface area contributed by atoms with E-state index in [1.54, 1.807) is 14.1 Å². The quantitative estimate of drug-likeness (QED) is 0.0639. The zero-order valence-electron chi connectivity index (χ0n) is 27.1. The molecule has 0 bridgehead atoms. The minimum absolute atomic E-state index is 0.0605. The van der Waals surface area contributed by atoms with Gasteiger partial charge in [-0.1, -0.05) is 23.2 Å². The number of benzene rings is 3. The standard InChI is InChI=1S/C15H10ClF3N2O6S.C15H15ClFN3O3S2/c1-28(25,26)20-14(22)10-7-9(3-4-12(10)21(23)24)27-13-5-2-8(6-11(13)16)15(17,18)19;1-23-13(21)8-24-12-7-11(10(17)6-9(12)16)18-14-19-4-2-3-5-20(19)15(22)25-14/h2-7H,1H3,(H,20,22);6-7H,2-5,8H2,1H3. The third-order valence-corrected chi connectivity index (χ3v) is 10.0. The Balaban J connectivity index is 0.000000238. The Morgan fingerprint density at radius 1 is 1.08 bits per heavy atom. The number of amides is 1. The lowest BCUT2D eigenvalue weighted by Gasteiger charge is -2.15. The summed E-state index contributed by atoms with van der Waals surface area (Å²) < 4.78 is 89.5. The van der Waals surface area contributed by atoms with Gasteiger partial charge in [-0.25, -0.2) is 27.2 Å². The fourth-order valence-corrected chi connectivity index (χ4v) is 7.11. The van der Waals surface area contributed by atoms with E-state index in [2.05, 4.69) is 9.73 Å². The van der Waals surface area contributed by atoms with Crippen molar-refractivity contribution in [2.24, 2.45) is 4.99 Å². The maximum Gasteiger partial charge on any atom is 0.416 e. The van der Waals surface area contributed by atoms with E-state index in [0.717, 1.165) is 66.3 Å². The van der Waals surface area contributed by atoms with Gasteiger partial charge in [0.05, 0.1) is 39.7 Å². The molecule has 2 heterocycles. The monoisotopic (exact) mass is 841 g/mol. The molecule has 23 heteroatoms. The number of fused-ring (bicyclic) bond motifs is 1. The molecule has 1 amide bonds. The van der Waals surface area contributed by atoms with Gasteiger partial charge in [0.2, 0.25) is 14.8 Å². The number of rotatable bonds is 9. The largest absolute Gasteiger partial charge is 0.468 e. The van der Waals surface area contributed by atoms with Crippen LogP contribution < -0.4 is 19.1 Å². The summed E-state index contributed by atoms with van der Waals surface area (Å²) in [5.74, 6) is -2.60. The number of aromatic nitrogens is 2. The van der Waals surface area contributed by atoms with Gasteiger partial charge in [-0.3, -0.25) is 29.2 Å². The number of nitrogens with zero attached hydrogens (tertiary/aromatic N) is 4. The topological polar surface area (TPSA) is 181 Å². The molecule has 1 aliphatic heterocycles. The van der Waals surface area contributed by atoms with Crippen LogP contribution in [0.2, 0.25) is 10.0 Å². The van der Waals surface area contributed by atoms with Crippen LogP contribution in [0.25, 0.3) is 0 Å². The number of sulfonamides is 1. The molecule has 0 saturated heterocycles. The number of nitro groups is 1. The molecule has 1 aromatic heterocycles. The van der Waals surface area contributed by atoms with Gasteiger partial charge < -0.3 is 9.47 Å². The predicted octanol–water partition coefficient (Wildman–Crippen LogP) is 6.54. The van der Waals surface area contributed by atoms with E-state index in [1.807, 2.05) is 0 Å². The zero-order valence-corrected chi connectivity index (χ0v) is 31.1. The second-order valence-electron chi connectivity index (χ2n) is 10.7. The fraction of sp³-hybridized carbons (Fsp3) is 0.267. The van der Waals surface area contributed by atoms with E-state index >= 15 is 0 Å². The number of nitrogens with one attached hydrogen (secondary N) is 1. The van der Waals surface area contributed by atoms with Crippen LogP contribution in [0.15, 0.2) is 63.2 Å². The Hall–Kier alpha value is -4.44. The third-order valence-electron chi connectivity index (χ3n) is 6.86. The highest BCUT2D eigenvalue weighted by atomic mass is 35.5. The highest BCUT2D eigenvalue weighted by Gasteiger charge is 2.31. The summed E-state index contributed by atoms with van der Waals surface area (Å²) in [6.07, 6.45) is -2.04. The number of halogens is 6. The number of esters is 1.